The van der Waals surface area contributed by atoms with Crippen LogP contribution >= 0.6 is 11.6 Å². The fourth-order valence-corrected chi connectivity index (χ4v) is 0.300. The highest BCUT2D eigenvalue weighted by atomic mass is 35.5. The Labute approximate surface area is 62.8 Å². The molecule has 56 valence electrons. The molecule has 0 spiro atoms. The maximum absolute atomic E-state index is 10.5. The molecule has 5 heteroatoms. The van der Waals surface area contributed by atoms with E-state index < -0.39 is 11.3 Å². The normalized spacial score (nSPS) is 11.4. The van der Waals surface area contributed by atoms with Gasteiger partial charge in [0.15, 0.2) is 6.73 Å². The number of hydrogen-bond donors (Lipinski definition) is 0. The van der Waals surface area contributed by atoms with Crippen LogP contribution in [-0.2, 0) is 14.3 Å². The molecule has 0 aromatic heterocycles. The van der Waals surface area contributed by atoms with Crippen LogP contribution in [-0.4, -0.2) is 24.2 Å². The van der Waals surface area contributed by atoms with E-state index in [9.17, 15) is 9.59 Å². The van der Waals surface area contributed by atoms with Crippen molar-refractivity contribution in [2.75, 3.05) is 6.73 Å². The molecule has 0 aromatic carbocycles. The third kappa shape index (κ3) is 4.06. The van der Waals surface area contributed by atoms with Crippen LogP contribution in [0.4, 0.5) is 0 Å². The zero-order valence-corrected chi connectivity index (χ0v) is 6.09. The van der Waals surface area contributed by atoms with Gasteiger partial charge in [-0.25, -0.2) is 4.79 Å². The van der Waals surface area contributed by atoms with E-state index in [0.717, 1.165) is 0 Å². The van der Waals surface area contributed by atoms with E-state index >= 15 is 0 Å². The summed E-state index contributed by atoms with van der Waals surface area (Å²) in [7, 11) is 0. The van der Waals surface area contributed by atoms with Crippen molar-refractivity contribution in [3.63, 3.8) is 0 Å². The predicted octanol–water partition coefficient (Wildman–Crippen LogP) is 0.450. The molecule has 0 aliphatic carbocycles. The molecule has 0 rings (SSSR count). The summed E-state index contributed by atoms with van der Waals surface area (Å²) < 4.78 is 4.34. The predicted molar refractivity (Wildman–Crippen MR) is 34.4 cm³/mol. The summed E-state index contributed by atoms with van der Waals surface area (Å²) in [6, 6.07) is 0. The zero-order valence-electron chi connectivity index (χ0n) is 5.33. The number of aliphatic imine (C=N–C) groups is 1. The molecule has 0 radical (unpaired) electrons. The number of alkyl halides is 1. The molecule has 0 bridgehead atoms. The first-order valence-corrected chi connectivity index (χ1v) is 2.96. The summed E-state index contributed by atoms with van der Waals surface area (Å²) in [5, 5.41) is -0.707. The van der Waals surface area contributed by atoms with E-state index in [1.807, 2.05) is 0 Å². The second-order valence-electron chi connectivity index (χ2n) is 1.46. The fraction of sp³-hybridized carbons (Fsp3) is 0.600. The lowest BCUT2D eigenvalue weighted by Crippen LogP contribution is -2.14. The Morgan fingerprint density at radius 2 is 2.50 bits per heavy atom. The molecular weight excluding hydrogens is 158 g/mol. The monoisotopic (exact) mass is 163 g/mol. The highest BCUT2D eigenvalue weighted by molar-refractivity contribution is 6.29. The number of carbonyl (C=O) groups is 1. The lowest BCUT2D eigenvalue weighted by Gasteiger charge is -1.99. The molecule has 1 unspecified atom stereocenters. The minimum Gasteiger partial charge on any atom is -0.440 e. The van der Waals surface area contributed by atoms with Crippen LogP contribution in [0.2, 0.25) is 0 Å². The molecule has 0 aromatic rings. The van der Waals surface area contributed by atoms with Gasteiger partial charge in [0.1, 0.15) is 5.38 Å². The maximum atomic E-state index is 10.5. The minimum absolute atomic E-state index is 0.306. The first-order valence-electron chi connectivity index (χ1n) is 2.53. The number of rotatable bonds is 3. The summed E-state index contributed by atoms with van der Waals surface area (Å²) in [4.78, 5) is 22.9. The van der Waals surface area contributed by atoms with Crippen LogP contribution in [0.5, 0.6) is 0 Å². The highest BCUT2D eigenvalue weighted by Gasteiger charge is 2.08. The minimum atomic E-state index is -0.707. The lowest BCUT2D eigenvalue weighted by atomic mass is 10.5. The zero-order chi connectivity index (χ0) is 7.98. The number of ether oxygens (including phenoxy) is 1. The Bertz CT molecular complexity index is 162. The maximum Gasteiger partial charge on any atom is 0.325 e. The average Bonchev–Trinajstić information content (AvgIpc) is 1.88. The second-order valence-corrected chi connectivity index (χ2v) is 2.11. The van der Waals surface area contributed by atoms with Crippen LogP contribution in [0.3, 0.4) is 0 Å². The lowest BCUT2D eigenvalue weighted by molar-refractivity contribution is -0.142. The van der Waals surface area contributed by atoms with Gasteiger partial charge in [0.05, 0.1) is 0 Å². The van der Waals surface area contributed by atoms with E-state index in [0.29, 0.717) is 0 Å². The number of esters is 1. The van der Waals surface area contributed by atoms with E-state index in [2.05, 4.69) is 9.73 Å². The topological polar surface area (TPSA) is 55.7 Å². The number of nitrogens with zero attached hydrogens (tertiary/aromatic N) is 1. The van der Waals surface area contributed by atoms with E-state index in [4.69, 9.17) is 11.6 Å². The molecular formula is C5H6ClNO3. The van der Waals surface area contributed by atoms with Gasteiger partial charge in [-0.2, -0.15) is 4.99 Å². The van der Waals surface area contributed by atoms with Crippen molar-refractivity contribution in [1.82, 2.24) is 0 Å². The summed E-state index contributed by atoms with van der Waals surface area (Å²) in [5.41, 5.74) is 0. The van der Waals surface area contributed by atoms with Gasteiger partial charge in [0, 0.05) is 0 Å². The Morgan fingerprint density at radius 1 is 1.90 bits per heavy atom. The quantitative estimate of drug-likeness (QED) is 0.263. The highest BCUT2D eigenvalue weighted by Crippen LogP contribution is 1.95. The SMILES string of the molecule is CC(Cl)C(=O)OCN=C=O. The van der Waals surface area contributed by atoms with Gasteiger partial charge in [0.25, 0.3) is 0 Å². The smallest absolute Gasteiger partial charge is 0.325 e. The van der Waals surface area contributed by atoms with Crippen molar-refractivity contribution in [1.29, 1.82) is 0 Å². The van der Waals surface area contributed by atoms with Gasteiger partial charge >= 0.3 is 5.97 Å². The first-order chi connectivity index (χ1) is 4.68. The van der Waals surface area contributed by atoms with Crippen LogP contribution in [0.1, 0.15) is 6.92 Å². The van der Waals surface area contributed by atoms with Crippen molar-refractivity contribution in [2.24, 2.45) is 4.99 Å². The van der Waals surface area contributed by atoms with Gasteiger partial charge in [-0.1, -0.05) is 0 Å². The Hall–Kier alpha value is -0.860. The molecule has 0 saturated carbocycles. The number of carbonyl (C=O) groups excluding carboxylic acids is 2. The van der Waals surface area contributed by atoms with Gasteiger partial charge in [-0.3, -0.25) is 4.79 Å². The summed E-state index contributed by atoms with van der Waals surface area (Å²) in [6.07, 6.45) is 1.22. The third-order valence-electron chi connectivity index (χ3n) is 0.661. The molecule has 10 heavy (non-hydrogen) atoms. The van der Waals surface area contributed by atoms with Gasteiger partial charge in [-0.15, -0.1) is 11.6 Å². The summed E-state index contributed by atoms with van der Waals surface area (Å²) in [5.74, 6) is -0.597. The summed E-state index contributed by atoms with van der Waals surface area (Å²) in [6.45, 7) is 1.16. The molecule has 0 heterocycles. The van der Waals surface area contributed by atoms with Gasteiger partial charge in [0.2, 0.25) is 6.08 Å². The summed E-state index contributed by atoms with van der Waals surface area (Å²) >= 11 is 5.29. The van der Waals surface area contributed by atoms with Gasteiger partial charge < -0.3 is 4.74 Å². The van der Waals surface area contributed by atoms with Crippen molar-refractivity contribution < 1.29 is 14.3 Å². The molecule has 0 aliphatic heterocycles. The largest absolute Gasteiger partial charge is 0.440 e. The fourth-order valence-electron chi connectivity index (χ4n) is 0.237. The standard InChI is InChI=1S/C5H6ClNO3/c1-4(6)5(9)10-3-7-2-8/h4H,3H2,1H3. The molecule has 0 amide bonds. The van der Waals surface area contributed by atoms with Crippen molar-refractivity contribution >= 4 is 23.7 Å². The molecule has 0 N–H and O–H groups in total. The van der Waals surface area contributed by atoms with Crippen LogP contribution < -0.4 is 0 Å². The van der Waals surface area contributed by atoms with Crippen molar-refractivity contribution in [3.8, 4) is 0 Å². The van der Waals surface area contributed by atoms with E-state index in [-0.39, 0.29) is 6.73 Å². The molecule has 1 atom stereocenters. The van der Waals surface area contributed by atoms with E-state index in [1.165, 1.54) is 13.0 Å². The molecule has 0 saturated heterocycles. The molecule has 4 nitrogen and oxygen atoms in total. The Balaban J connectivity index is 3.49. The number of hydrogen-bond acceptors (Lipinski definition) is 4. The van der Waals surface area contributed by atoms with Crippen molar-refractivity contribution in [2.45, 2.75) is 12.3 Å². The number of halogens is 1. The average molecular weight is 164 g/mol. The van der Waals surface area contributed by atoms with E-state index in [1.54, 1.807) is 0 Å². The number of isocyanates is 1. The Kier molecular flexibility index (Phi) is 4.54. The van der Waals surface area contributed by atoms with Gasteiger partial charge in [-0.05, 0) is 6.92 Å². The van der Waals surface area contributed by atoms with Crippen LogP contribution in [0.25, 0.3) is 0 Å². The molecule has 0 aliphatic rings. The first kappa shape index (κ1) is 9.14. The van der Waals surface area contributed by atoms with Crippen LogP contribution in [0.15, 0.2) is 4.99 Å². The van der Waals surface area contributed by atoms with Crippen molar-refractivity contribution in [3.05, 3.63) is 0 Å². The van der Waals surface area contributed by atoms with Crippen LogP contribution in [0, 0.1) is 0 Å². The Morgan fingerprint density at radius 3 is 2.90 bits per heavy atom. The molecule has 0 fully saturated rings. The third-order valence-corrected chi connectivity index (χ3v) is 0.839. The second kappa shape index (κ2) is 4.97.